The van der Waals surface area contributed by atoms with Gasteiger partial charge in [0.15, 0.2) is 0 Å². The second kappa shape index (κ2) is 8.18. The number of carbonyl (C=O) groups excluding carboxylic acids is 1. The first kappa shape index (κ1) is 20.8. The molecule has 0 spiro atoms. The van der Waals surface area contributed by atoms with Gasteiger partial charge in [-0.1, -0.05) is 6.92 Å². The molecule has 1 aliphatic rings. The van der Waals surface area contributed by atoms with Crippen molar-refractivity contribution in [3.8, 4) is 0 Å². The Hall–Kier alpha value is -1.97. The summed E-state index contributed by atoms with van der Waals surface area (Å²) in [7, 11) is 1.42. The van der Waals surface area contributed by atoms with Gasteiger partial charge in [-0.2, -0.15) is 0 Å². The van der Waals surface area contributed by atoms with Gasteiger partial charge in [0.25, 0.3) is 0 Å². The SMILES string of the molecule is CCN1CCN(C(=O)CCc2nc3cc(S(=O)(=O)N(C)C)ccc3n2C)CC1. The van der Waals surface area contributed by atoms with Crippen molar-refractivity contribution in [2.75, 3.05) is 46.8 Å². The molecular weight excluding hydrogens is 378 g/mol. The number of aryl methyl sites for hydroxylation is 2. The third-order valence-corrected chi connectivity index (χ3v) is 7.27. The van der Waals surface area contributed by atoms with E-state index in [-0.39, 0.29) is 10.8 Å². The Kier molecular flexibility index (Phi) is 6.07. The van der Waals surface area contributed by atoms with Crippen molar-refractivity contribution in [3.63, 3.8) is 0 Å². The number of likely N-dealkylation sites (N-methyl/N-ethyl adjacent to an activating group) is 1. The van der Waals surface area contributed by atoms with E-state index >= 15 is 0 Å². The molecule has 0 aliphatic carbocycles. The Bertz CT molecular complexity index is 959. The zero-order valence-electron chi connectivity index (χ0n) is 17.1. The maximum atomic E-state index is 12.5. The fourth-order valence-electron chi connectivity index (χ4n) is 3.51. The van der Waals surface area contributed by atoms with Crippen LogP contribution < -0.4 is 0 Å². The van der Waals surface area contributed by atoms with Gasteiger partial charge in [-0.3, -0.25) is 4.79 Å². The normalized spacial score (nSPS) is 16.2. The molecule has 2 heterocycles. The fraction of sp³-hybridized carbons (Fsp3) is 0.579. The quantitative estimate of drug-likeness (QED) is 0.712. The van der Waals surface area contributed by atoms with E-state index in [1.807, 2.05) is 16.5 Å². The van der Waals surface area contributed by atoms with E-state index in [2.05, 4.69) is 16.8 Å². The Morgan fingerprint density at radius 3 is 2.46 bits per heavy atom. The topological polar surface area (TPSA) is 78.8 Å². The van der Waals surface area contributed by atoms with Crippen molar-refractivity contribution in [1.29, 1.82) is 0 Å². The Balaban J connectivity index is 1.72. The van der Waals surface area contributed by atoms with Gasteiger partial charge >= 0.3 is 0 Å². The number of hydrogen-bond donors (Lipinski definition) is 0. The van der Waals surface area contributed by atoms with Crippen LogP contribution >= 0.6 is 0 Å². The molecule has 3 rings (SSSR count). The summed E-state index contributed by atoms with van der Waals surface area (Å²) in [5, 5.41) is 0. The first-order valence-corrected chi connectivity index (χ1v) is 11.1. The van der Waals surface area contributed by atoms with Gasteiger partial charge in [0.1, 0.15) is 5.82 Å². The summed E-state index contributed by atoms with van der Waals surface area (Å²) in [4.78, 5) is 21.6. The molecule has 0 unspecified atom stereocenters. The molecule has 1 aliphatic heterocycles. The first-order chi connectivity index (χ1) is 13.2. The van der Waals surface area contributed by atoms with E-state index in [1.165, 1.54) is 18.4 Å². The number of rotatable bonds is 6. The molecule has 1 aromatic heterocycles. The van der Waals surface area contributed by atoms with Crippen molar-refractivity contribution in [1.82, 2.24) is 23.7 Å². The van der Waals surface area contributed by atoms with Crippen LogP contribution in [0.1, 0.15) is 19.2 Å². The average molecular weight is 408 g/mol. The summed E-state index contributed by atoms with van der Waals surface area (Å²) in [5.41, 5.74) is 1.49. The lowest BCUT2D eigenvalue weighted by Gasteiger charge is -2.34. The minimum atomic E-state index is -3.50. The van der Waals surface area contributed by atoms with Crippen LogP contribution in [0.5, 0.6) is 0 Å². The lowest BCUT2D eigenvalue weighted by molar-refractivity contribution is -0.132. The van der Waals surface area contributed by atoms with E-state index in [4.69, 9.17) is 0 Å². The van der Waals surface area contributed by atoms with E-state index < -0.39 is 10.0 Å². The molecule has 0 N–H and O–H groups in total. The van der Waals surface area contributed by atoms with E-state index in [9.17, 15) is 13.2 Å². The molecule has 1 aromatic carbocycles. The van der Waals surface area contributed by atoms with Crippen LogP contribution in [0.15, 0.2) is 23.1 Å². The van der Waals surface area contributed by atoms with E-state index in [0.29, 0.717) is 18.4 Å². The zero-order chi connectivity index (χ0) is 20.5. The standard InChI is InChI=1S/C19H29N5O3S/c1-5-23-10-12-24(13-11-23)19(25)9-8-18-20-16-14-15(28(26,27)21(2)3)6-7-17(16)22(18)4/h6-7,14H,5,8-13H2,1-4H3. The number of fused-ring (bicyclic) bond motifs is 1. The van der Waals surface area contributed by atoms with E-state index in [1.54, 1.807) is 18.2 Å². The highest BCUT2D eigenvalue weighted by Crippen LogP contribution is 2.22. The van der Waals surface area contributed by atoms with Crippen molar-refractivity contribution in [2.45, 2.75) is 24.7 Å². The van der Waals surface area contributed by atoms with Crippen LogP contribution in [0.2, 0.25) is 0 Å². The van der Waals surface area contributed by atoms with Crippen LogP contribution in [0.4, 0.5) is 0 Å². The second-order valence-corrected chi connectivity index (χ2v) is 9.49. The molecule has 0 bridgehead atoms. The molecule has 0 radical (unpaired) electrons. The van der Waals surface area contributed by atoms with Gasteiger partial charge in [-0.25, -0.2) is 17.7 Å². The maximum absolute atomic E-state index is 12.5. The second-order valence-electron chi connectivity index (χ2n) is 7.34. The summed E-state index contributed by atoms with van der Waals surface area (Å²) in [6, 6.07) is 4.97. The van der Waals surface area contributed by atoms with Crippen LogP contribution in [-0.2, 0) is 28.3 Å². The molecule has 1 fully saturated rings. The molecular formula is C19H29N5O3S. The van der Waals surface area contributed by atoms with Crippen molar-refractivity contribution >= 4 is 27.0 Å². The summed E-state index contributed by atoms with van der Waals surface area (Å²) in [5.74, 6) is 0.939. The van der Waals surface area contributed by atoms with E-state index in [0.717, 1.165) is 44.1 Å². The number of benzene rings is 1. The monoisotopic (exact) mass is 407 g/mol. The lowest BCUT2D eigenvalue weighted by Crippen LogP contribution is -2.48. The van der Waals surface area contributed by atoms with Crippen molar-refractivity contribution < 1.29 is 13.2 Å². The number of hydrogen-bond acceptors (Lipinski definition) is 5. The minimum absolute atomic E-state index is 0.152. The number of sulfonamides is 1. The molecule has 1 saturated heterocycles. The fourth-order valence-corrected chi connectivity index (χ4v) is 4.44. The van der Waals surface area contributed by atoms with Crippen LogP contribution in [0, 0.1) is 0 Å². The predicted octanol–water partition coefficient (Wildman–Crippen LogP) is 0.920. The summed E-state index contributed by atoms with van der Waals surface area (Å²) in [6.07, 6.45) is 0.944. The molecule has 1 amide bonds. The third kappa shape index (κ3) is 4.06. The molecule has 0 saturated carbocycles. The molecule has 9 heteroatoms. The Labute approximate surface area is 166 Å². The number of carbonyl (C=O) groups is 1. The average Bonchev–Trinajstić information content (AvgIpc) is 3.01. The largest absolute Gasteiger partial charge is 0.340 e. The number of amides is 1. The highest BCUT2D eigenvalue weighted by Gasteiger charge is 2.22. The van der Waals surface area contributed by atoms with Crippen LogP contribution in [0.3, 0.4) is 0 Å². The molecule has 8 nitrogen and oxygen atoms in total. The van der Waals surface area contributed by atoms with Crippen LogP contribution in [-0.4, -0.2) is 84.8 Å². The summed E-state index contributed by atoms with van der Waals surface area (Å²) in [6.45, 7) is 6.57. The third-order valence-electron chi connectivity index (χ3n) is 5.46. The molecule has 2 aromatic rings. The van der Waals surface area contributed by atoms with Gasteiger partial charge in [0.05, 0.1) is 15.9 Å². The zero-order valence-corrected chi connectivity index (χ0v) is 17.9. The number of imidazole rings is 1. The smallest absolute Gasteiger partial charge is 0.242 e. The van der Waals surface area contributed by atoms with Crippen molar-refractivity contribution in [3.05, 3.63) is 24.0 Å². The summed E-state index contributed by atoms with van der Waals surface area (Å²) >= 11 is 0. The van der Waals surface area contributed by atoms with Gasteiger partial charge in [-0.15, -0.1) is 0 Å². The van der Waals surface area contributed by atoms with Crippen LogP contribution in [0.25, 0.3) is 11.0 Å². The number of aromatic nitrogens is 2. The van der Waals surface area contributed by atoms with Gasteiger partial charge < -0.3 is 14.4 Å². The predicted molar refractivity (Wildman–Crippen MR) is 109 cm³/mol. The number of nitrogens with zero attached hydrogens (tertiary/aromatic N) is 5. The molecule has 154 valence electrons. The Morgan fingerprint density at radius 2 is 1.86 bits per heavy atom. The molecule has 0 atom stereocenters. The highest BCUT2D eigenvalue weighted by molar-refractivity contribution is 7.89. The van der Waals surface area contributed by atoms with Gasteiger partial charge in [-0.05, 0) is 24.7 Å². The lowest BCUT2D eigenvalue weighted by atomic mass is 10.2. The first-order valence-electron chi connectivity index (χ1n) is 9.62. The molecule has 28 heavy (non-hydrogen) atoms. The maximum Gasteiger partial charge on any atom is 0.242 e. The van der Waals surface area contributed by atoms with Crippen molar-refractivity contribution in [2.24, 2.45) is 7.05 Å². The highest BCUT2D eigenvalue weighted by atomic mass is 32.2. The Morgan fingerprint density at radius 1 is 1.18 bits per heavy atom. The summed E-state index contributed by atoms with van der Waals surface area (Å²) < 4.78 is 27.8. The number of piperazine rings is 1. The minimum Gasteiger partial charge on any atom is -0.340 e. The van der Waals surface area contributed by atoms with Gasteiger partial charge in [0, 0.05) is 60.2 Å². The van der Waals surface area contributed by atoms with Gasteiger partial charge in [0.2, 0.25) is 15.9 Å².